The highest BCUT2D eigenvalue weighted by atomic mass is 32.1. The summed E-state index contributed by atoms with van der Waals surface area (Å²) in [6, 6.07) is 4.45. The van der Waals surface area contributed by atoms with Gasteiger partial charge in [-0.2, -0.15) is 0 Å². The first-order valence-corrected chi connectivity index (χ1v) is 5.50. The molecule has 0 spiro atoms. The number of aromatic nitrogens is 2. The number of rotatable bonds is 3. The molecule has 2 aromatic rings. The second kappa shape index (κ2) is 4.36. The summed E-state index contributed by atoms with van der Waals surface area (Å²) in [7, 11) is 0. The van der Waals surface area contributed by atoms with Gasteiger partial charge in [0.25, 0.3) is 0 Å². The smallest absolute Gasteiger partial charge is 0.130 e. The first kappa shape index (κ1) is 10.7. The van der Waals surface area contributed by atoms with Gasteiger partial charge in [0.05, 0.1) is 17.8 Å². The maximum absolute atomic E-state index is 9.66. The van der Waals surface area contributed by atoms with Gasteiger partial charge in [-0.1, -0.05) is 10.6 Å². The summed E-state index contributed by atoms with van der Waals surface area (Å²) in [5.74, 6) is 0.134. The number of anilines is 1. The molecule has 1 atom stereocenters. The molecule has 0 aliphatic rings. The highest BCUT2D eigenvalue weighted by Gasteiger charge is 2.15. The minimum absolute atomic E-state index is 0.0671. The van der Waals surface area contributed by atoms with Gasteiger partial charge in [0.2, 0.25) is 0 Å². The summed E-state index contributed by atoms with van der Waals surface area (Å²) in [6.07, 6.45) is 1.60. The van der Waals surface area contributed by atoms with Gasteiger partial charge in [0.1, 0.15) is 16.5 Å². The van der Waals surface area contributed by atoms with Gasteiger partial charge in [-0.3, -0.25) is 0 Å². The predicted octanol–water partition coefficient (Wildman–Crippen LogP) is 2.12. The van der Waals surface area contributed by atoms with Crippen LogP contribution in [-0.2, 0) is 0 Å². The molecule has 0 bridgehead atoms. The Balaban J connectivity index is 2.24. The van der Waals surface area contributed by atoms with Gasteiger partial charge < -0.3 is 15.5 Å². The van der Waals surface area contributed by atoms with Crippen molar-refractivity contribution in [2.45, 2.75) is 13.0 Å². The second-order valence-corrected chi connectivity index (χ2v) is 4.14. The SMILES string of the molecule is CC(Nc1cnns1)c1c(O)cccc1O. The van der Waals surface area contributed by atoms with Crippen molar-refractivity contribution >= 4 is 16.5 Å². The van der Waals surface area contributed by atoms with Crippen molar-refractivity contribution in [3.8, 4) is 11.5 Å². The van der Waals surface area contributed by atoms with E-state index < -0.39 is 0 Å². The van der Waals surface area contributed by atoms with E-state index in [9.17, 15) is 10.2 Å². The largest absolute Gasteiger partial charge is 0.507 e. The zero-order chi connectivity index (χ0) is 11.5. The molecule has 0 fully saturated rings. The molecule has 1 aromatic heterocycles. The lowest BCUT2D eigenvalue weighted by Crippen LogP contribution is -2.05. The fraction of sp³-hybridized carbons (Fsp3) is 0.200. The third kappa shape index (κ3) is 2.06. The van der Waals surface area contributed by atoms with Crippen LogP contribution in [0.1, 0.15) is 18.5 Å². The zero-order valence-corrected chi connectivity index (χ0v) is 9.40. The van der Waals surface area contributed by atoms with Crippen LogP contribution in [0.2, 0.25) is 0 Å². The summed E-state index contributed by atoms with van der Waals surface area (Å²) in [4.78, 5) is 0. The molecule has 0 radical (unpaired) electrons. The Labute approximate surface area is 96.5 Å². The lowest BCUT2D eigenvalue weighted by Gasteiger charge is -2.16. The lowest BCUT2D eigenvalue weighted by atomic mass is 10.1. The van der Waals surface area contributed by atoms with Crippen LogP contribution in [0.5, 0.6) is 11.5 Å². The number of nitrogens with zero attached hydrogens (tertiary/aromatic N) is 2. The van der Waals surface area contributed by atoms with Gasteiger partial charge in [0, 0.05) is 11.5 Å². The van der Waals surface area contributed by atoms with Crippen LogP contribution in [0.15, 0.2) is 24.4 Å². The molecule has 6 heteroatoms. The molecule has 84 valence electrons. The average Bonchev–Trinajstić information content (AvgIpc) is 2.70. The molecule has 3 N–H and O–H groups in total. The molecule has 1 aromatic carbocycles. The molecule has 2 rings (SSSR count). The number of phenols is 2. The monoisotopic (exact) mass is 237 g/mol. The van der Waals surface area contributed by atoms with Crippen LogP contribution in [0.25, 0.3) is 0 Å². The van der Waals surface area contributed by atoms with Crippen LogP contribution in [0, 0.1) is 0 Å². The second-order valence-electron chi connectivity index (χ2n) is 3.36. The fourth-order valence-electron chi connectivity index (χ4n) is 1.50. The van der Waals surface area contributed by atoms with Crippen molar-refractivity contribution in [1.82, 2.24) is 9.59 Å². The van der Waals surface area contributed by atoms with Gasteiger partial charge in [-0.15, -0.1) is 5.10 Å². The summed E-state index contributed by atoms with van der Waals surface area (Å²) in [6.45, 7) is 1.84. The molecular formula is C10H11N3O2S. The number of aromatic hydroxyl groups is 2. The Hall–Kier alpha value is -1.82. The van der Waals surface area contributed by atoms with Crippen molar-refractivity contribution < 1.29 is 10.2 Å². The van der Waals surface area contributed by atoms with Gasteiger partial charge in [-0.25, -0.2) is 0 Å². The molecule has 0 saturated carbocycles. The van der Waals surface area contributed by atoms with Crippen LogP contribution in [0.3, 0.4) is 0 Å². The summed E-state index contributed by atoms with van der Waals surface area (Å²) >= 11 is 1.22. The number of phenolic OH excluding ortho intramolecular Hbond substituents is 2. The summed E-state index contributed by atoms with van der Waals surface area (Å²) < 4.78 is 3.72. The van der Waals surface area contributed by atoms with E-state index in [0.717, 1.165) is 5.00 Å². The minimum atomic E-state index is -0.219. The van der Waals surface area contributed by atoms with E-state index in [-0.39, 0.29) is 17.5 Å². The van der Waals surface area contributed by atoms with E-state index in [1.54, 1.807) is 12.3 Å². The molecule has 0 aliphatic heterocycles. The highest BCUT2D eigenvalue weighted by Crippen LogP contribution is 2.34. The van der Waals surface area contributed by atoms with Crippen LogP contribution >= 0.6 is 11.5 Å². The van der Waals surface area contributed by atoms with E-state index in [0.29, 0.717) is 5.56 Å². The Morgan fingerprint density at radius 1 is 1.31 bits per heavy atom. The first-order valence-electron chi connectivity index (χ1n) is 4.73. The van der Waals surface area contributed by atoms with Gasteiger partial charge in [0.15, 0.2) is 0 Å². The molecule has 5 nitrogen and oxygen atoms in total. The van der Waals surface area contributed by atoms with Crippen LogP contribution in [-0.4, -0.2) is 19.8 Å². The quantitative estimate of drug-likeness (QED) is 0.762. The number of hydrogen-bond donors (Lipinski definition) is 3. The van der Waals surface area contributed by atoms with E-state index in [4.69, 9.17) is 0 Å². The maximum atomic E-state index is 9.66. The van der Waals surface area contributed by atoms with E-state index in [1.807, 2.05) is 6.92 Å². The number of benzene rings is 1. The maximum Gasteiger partial charge on any atom is 0.130 e. The van der Waals surface area contributed by atoms with E-state index >= 15 is 0 Å². The Morgan fingerprint density at radius 3 is 2.56 bits per heavy atom. The van der Waals surface area contributed by atoms with E-state index in [2.05, 4.69) is 14.9 Å². The topological polar surface area (TPSA) is 78.3 Å². The molecule has 0 aliphatic carbocycles. The molecule has 1 unspecified atom stereocenters. The standard InChI is InChI=1S/C10H11N3O2S/c1-6(12-9-5-11-13-16-9)10-7(14)3-2-4-8(10)15/h2-6,12,14-15H,1H3. The highest BCUT2D eigenvalue weighted by molar-refractivity contribution is 7.09. The predicted molar refractivity (Wildman–Crippen MR) is 61.7 cm³/mol. The Bertz CT molecular complexity index is 453. The zero-order valence-electron chi connectivity index (χ0n) is 8.58. The summed E-state index contributed by atoms with van der Waals surface area (Å²) in [5, 5.41) is 26.9. The van der Waals surface area contributed by atoms with Crippen molar-refractivity contribution in [3.63, 3.8) is 0 Å². The van der Waals surface area contributed by atoms with Crippen LogP contribution < -0.4 is 5.32 Å². The van der Waals surface area contributed by atoms with E-state index in [1.165, 1.54) is 23.7 Å². The lowest BCUT2D eigenvalue weighted by molar-refractivity contribution is 0.434. The van der Waals surface area contributed by atoms with Crippen molar-refractivity contribution in [3.05, 3.63) is 30.0 Å². The Morgan fingerprint density at radius 2 is 2.00 bits per heavy atom. The van der Waals surface area contributed by atoms with Crippen molar-refractivity contribution in [1.29, 1.82) is 0 Å². The fourth-order valence-corrected chi connectivity index (χ4v) is 2.01. The minimum Gasteiger partial charge on any atom is -0.507 e. The van der Waals surface area contributed by atoms with Crippen LogP contribution in [0.4, 0.5) is 5.00 Å². The molecule has 0 saturated heterocycles. The first-order chi connectivity index (χ1) is 7.68. The third-order valence-electron chi connectivity index (χ3n) is 2.21. The Kier molecular flexibility index (Phi) is 2.91. The van der Waals surface area contributed by atoms with Gasteiger partial charge >= 0.3 is 0 Å². The average molecular weight is 237 g/mol. The van der Waals surface area contributed by atoms with Crippen molar-refractivity contribution in [2.24, 2.45) is 0 Å². The van der Waals surface area contributed by atoms with Crippen molar-refractivity contribution in [2.75, 3.05) is 5.32 Å². The summed E-state index contributed by atoms with van der Waals surface area (Å²) in [5.41, 5.74) is 0.468. The third-order valence-corrected chi connectivity index (χ3v) is 2.81. The normalized spacial score (nSPS) is 12.3. The van der Waals surface area contributed by atoms with Gasteiger partial charge in [-0.05, 0) is 19.1 Å². The molecule has 1 heterocycles. The number of hydrogen-bond acceptors (Lipinski definition) is 6. The number of nitrogens with one attached hydrogen (secondary N) is 1. The molecule has 0 amide bonds. The molecule has 16 heavy (non-hydrogen) atoms. The molecular weight excluding hydrogens is 226 g/mol.